The third-order valence-corrected chi connectivity index (χ3v) is 2.56. The average molecular weight is 169 g/mol. The standard InChI is InChI=1S/C7H11N3O2/c8-10-2-1-4-5(3-10)7(12)9-6(4)11/h4-5H,1-3,8H2,(H,9,11,12)/t4-,5-/m1/s1. The molecule has 66 valence electrons. The van der Waals surface area contributed by atoms with E-state index in [0.29, 0.717) is 19.5 Å². The number of hydrogen-bond acceptors (Lipinski definition) is 4. The molecule has 2 aliphatic heterocycles. The van der Waals surface area contributed by atoms with Crippen molar-refractivity contribution in [2.24, 2.45) is 17.7 Å². The van der Waals surface area contributed by atoms with Crippen molar-refractivity contribution >= 4 is 11.8 Å². The zero-order chi connectivity index (χ0) is 8.72. The van der Waals surface area contributed by atoms with Crippen LogP contribution in [0.3, 0.4) is 0 Å². The van der Waals surface area contributed by atoms with Gasteiger partial charge in [0.2, 0.25) is 11.8 Å². The molecule has 0 spiro atoms. The van der Waals surface area contributed by atoms with Crippen LogP contribution in [0.25, 0.3) is 0 Å². The van der Waals surface area contributed by atoms with E-state index in [2.05, 4.69) is 5.32 Å². The Balaban J connectivity index is 2.17. The fourth-order valence-electron chi connectivity index (χ4n) is 1.86. The number of carbonyl (C=O) groups is 2. The second kappa shape index (κ2) is 2.53. The van der Waals surface area contributed by atoms with E-state index < -0.39 is 0 Å². The van der Waals surface area contributed by atoms with E-state index in [-0.39, 0.29) is 23.7 Å². The number of nitrogens with one attached hydrogen (secondary N) is 1. The Bertz CT molecular complexity index is 241. The lowest BCUT2D eigenvalue weighted by molar-refractivity contribution is -0.126. The van der Waals surface area contributed by atoms with Gasteiger partial charge in [0, 0.05) is 13.1 Å². The summed E-state index contributed by atoms with van der Waals surface area (Å²) in [6, 6.07) is 0. The summed E-state index contributed by atoms with van der Waals surface area (Å²) >= 11 is 0. The first-order chi connectivity index (χ1) is 5.68. The van der Waals surface area contributed by atoms with Gasteiger partial charge >= 0.3 is 0 Å². The molecule has 0 unspecified atom stereocenters. The van der Waals surface area contributed by atoms with Crippen LogP contribution in [0.5, 0.6) is 0 Å². The van der Waals surface area contributed by atoms with Crippen LogP contribution in [0.4, 0.5) is 0 Å². The minimum absolute atomic E-state index is 0.127. The maximum Gasteiger partial charge on any atom is 0.231 e. The molecule has 0 aromatic carbocycles. The van der Waals surface area contributed by atoms with Crippen molar-refractivity contribution in [3.05, 3.63) is 0 Å². The van der Waals surface area contributed by atoms with Crippen molar-refractivity contribution in [2.45, 2.75) is 6.42 Å². The number of rotatable bonds is 0. The van der Waals surface area contributed by atoms with Crippen LogP contribution in [0.1, 0.15) is 6.42 Å². The van der Waals surface area contributed by atoms with E-state index in [9.17, 15) is 9.59 Å². The normalized spacial score (nSPS) is 36.4. The Labute approximate surface area is 69.9 Å². The SMILES string of the molecule is NN1CC[C@H]2C(=O)NC(=O)[C@@H]2C1. The Morgan fingerprint density at radius 3 is 2.75 bits per heavy atom. The summed E-state index contributed by atoms with van der Waals surface area (Å²) in [6.07, 6.45) is 0.693. The predicted octanol–water partition coefficient (Wildman–Crippen LogP) is -1.55. The smallest absolute Gasteiger partial charge is 0.231 e. The fraction of sp³-hybridized carbons (Fsp3) is 0.714. The minimum Gasteiger partial charge on any atom is -0.296 e. The fourth-order valence-corrected chi connectivity index (χ4v) is 1.86. The van der Waals surface area contributed by atoms with Crippen LogP contribution < -0.4 is 11.2 Å². The van der Waals surface area contributed by atoms with Gasteiger partial charge in [-0.1, -0.05) is 0 Å². The topological polar surface area (TPSA) is 75.4 Å². The molecule has 3 N–H and O–H groups in total. The van der Waals surface area contributed by atoms with E-state index in [4.69, 9.17) is 5.84 Å². The van der Waals surface area contributed by atoms with E-state index in [1.54, 1.807) is 5.01 Å². The number of nitrogens with two attached hydrogens (primary N) is 1. The molecule has 2 saturated heterocycles. The molecule has 0 aliphatic carbocycles. The lowest BCUT2D eigenvalue weighted by Crippen LogP contribution is -2.45. The Hall–Kier alpha value is -0.940. The first-order valence-electron chi connectivity index (χ1n) is 4.03. The Kier molecular flexibility index (Phi) is 1.62. The van der Waals surface area contributed by atoms with E-state index >= 15 is 0 Å². The van der Waals surface area contributed by atoms with Gasteiger partial charge in [-0.15, -0.1) is 0 Å². The van der Waals surface area contributed by atoms with Gasteiger partial charge in [0.05, 0.1) is 11.8 Å². The molecule has 12 heavy (non-hydrogen) atoms. The van der Waals surface area contributed by atoms with Crippen molar-refractivity contribution in [2.75, 3.05) is 13.1 Å². The van der Waals surface area contributed by atoms with E-state index in [1.165, 1.54) is 0 Å². The second-order valence-corrected chi connectivity index (χ2v) is 3.35. The largest absolute Gasteiger partial charge is 0.296 e. The van der Waals surface area contributed by atoms with Gasteiger partial charge in [-0.25, -0.2) is 5.01 Å². The van der Waals surface area contributed by atoms with Gasteiger partial charge < -0.3 is 0 Å². The van der Waals surface area contributed by atoms with Crippen LogP contribution in [-0.4, -0.2) is 29.9 Å². The number of hydrogen-bond donors (Lipinski definition) is 2. The predicted molar refractivity (Wildman–Crippen MR) is 40.5 cm³/mol. The molecule has 5 nitrogen and oxygen atoms in total. The van der Waals surface area contributed by atoms with Crippen LogP contribution in [0.2, 0.25) is 0 Å². The van der Waals surface area contributed by atoms with Gasteiger partial charge in [-0.3, -0.25) is 20.7 Å². The monoisotopic (exact) mass is 169 g/mol. The number of fused-ring (bicyclic) bond motifs is 1. The van der Waals surface area contributed by atoms with E-state index in [0.717, 1.165) is 0 Å². The summed E-state index contributed by atoms with van der Waals surface area (Å²) in [5.41, 5.74) is 0. The highest BCUT2D eigenvalue weighted by molar-refractivity contribution is 6.05. The number of piperidine rings is 1. The zero-order valence-corrected chi connectivity index (χ0v) is 6.62. The average Bonchev–Trinajstić information content (AvgIpc) is 2.28. The molecule has 5 heteroatoms. The molecule has 2 rings (SSSR count). The third kappa shape index (κ3) is 1.02. The minimum atomic E-state index is -0.212. The van der Waals surface area contributed by atoms with Gasteiger partial charge in [-0.2, -0.15) is 0 Å². The molecule has 2 fully saturated rings. The summed E-state index contributed by atoms with van der Waals surface area (Å²) in [5, 5.41) is 3.92. The second-order valence-electron chi connectivity index (χ2n) is 3.35. The van der Waals surface area contributed by atoms with Gasteiger partial charge in [0.15, 0.2) is 0 Å². The van der Waals surface area contributed by atoms with Gasteiger partial charge in [0.1, 0.15) is 0 Å². The van der Waals surface area contributed by atoms with Crippen molar-refractivity contribution in [1.82, 2.24) is 10.3 Å². The molecular weight excluding hydrogens is 158 g/mol. The quantitative estimate of drug-likeness (QED) is 0.340. The highest BCUT2D eigenvalue weighted by Crippen LogP contribution is 2.26. The maximum absolute atomic E-state index is 11.2. The van der Waals surface area contributed by atoms with Crippen LogP contribution >= 0.6 is 0 Å². The highest BCUT2D eigenvalue weighted by atomic mass is 16.2. The van der Waals surface area contributed by atoms with E-state index in [1.807, 2.05) is 0 Å². The van der Waals surface area contributed by atoms with Crippen LogP contribution in [-0.2, 0) is 9.59 Å². The van der Waals surface area contributed by atoms with Crippen molar-refractivity contribution in [3.63, 3.8) is 0 Å². The summed E-state index contributed by atoms with van der Waals surface area (Å²) < 4.78 is 0. The third-order valence-electron chi connectivity index (χ3n) is 2.56. The molecule has 2 atom stereocenters. The van der Waals surface area contributed by atoms with Crippen molar-refractivity contribution < 1.29 is 9.59 Å². The molecule has 0 radical (unpaired) electrons. The Morgan fingerprint density at radius 2 is 2.00 bits per heavy atom. The Morgan fingerprint density at radius 1 is 1.33 bits per heavy atom. The molecular formula is C7H11N3O2. The summed E-state index contributed by atoms with van der Waals surface area (Å²) in [7, 11) is 0. The zero-order valence-electron chi connectivity index (χ0n) is 6.62. The molecule has 0 aromatic rings. The molecule has 0 aromatic heterocycles. The summed E-state index contributed by atoms with van der Waals surface area (Å²) in [6.45, 7) is 1.20. The molecule has 2 heterocycles. The first kappa shape index (κ1) is 7.70. The molecule has 2 amide bonds. The first-order valence-corrected chi connectivity index (χ1v) is 4.03. The van der Waals surface area contributed by atoms with Crippen molar-refractivity contribution in [1.29, 1.82) is 0 Å². The number of amides is 2. The number of imide groups is 1. The number of hydrazine groups is 1. The van der Waals surface area contributed by atoms with Crippen LogP contribution in [0, 0.1) is 11.8 Å². The van der Waals surface area contributed by atoms with Crippen molar-refractivity contribution in [3.8, 4) is 0 Å². The number of nitrogens with zero attached hydrogens (tertiary/aromatic N) is 1. The summed E-state index contributed by atoms with van der Waals surface area (Å²) in [4.78, 5) is 22.3. The number of carbonyl (C=O) groups excluding carboxylic acids is 2. The molecule has 0 saturated carbocycles. The maximum atomic E-state index is 11.2. The molecule has 2 aliphatic rings. The summed E-state index contributed by atoms with van der Waals surface area (Å²) in [5.74, 6) is 4.91. The van der Waals surface area contributed by atoms with Gasteiger partial charge in [-0.05, 0) is 6.42 Å². The van der Waals surface area contributed by atoms with Gasteiger partial charge in [0.25, 0.3) is 0 Å². The lowest BCUT2D eigenvalue weighted by Gasteiger charge is -2.28. The van der Waals surface area contributed by atoms with Crippen LogP contribution in [0.15, 0.2) is 0 Å². The highest BCUT2D eigenvalue weighted by Gasteiger charge is 2.44. The lowest BCUT2D eigenvalue weighted by atomic mass is 9.88. The molecule has 0 bridgehead atoms.